The standard InChI is InChI=1S/C26H46N4O4/c1-25(2)18-12-13-26(25,3)16-21(18)28-22(31)20(15-17-9-5-4-6-10-17)30-24(34)29-19(23(32)33)11-7-8-14-27/h17-21H,4-16,27H2,1-3H3,(H,28,31)(H,32,33)(H2,29,30,34)/t18?,19-,20+,21?,26?/m0/s1. The lowest BCUT2D eigenvalue weighted by atomic mass is 9.71. The van der Waals surface area contributed by atoms with E-state index < -0.39 is 24.1 Å². The minimum Gasteiger partial charge on any atom is -0.480 e. The van der Waals surface area contributed by atoms with Crippen LogP contribution in [0, 0.1) is 22.7 Å². The molecule has 0 saturated heterocycles. The van der Waals surface area contributed by atoms with Gasteiger partial charge in [-0.25, -0.2) is 9.59 Å². The van der Waals surface area contributed by atoms with Gasteiger partial charge < -0.3 is 26.8 Å². The summed E-state index contributed by atoms with van der Waals surface area (Å²) in [6.45, 7) is 7.46. The number of amides is 3. The van der Waals surface area contributed by atoms with E-state index in [1.54, 1.807) is 0 Å². The second kappa shape index (κ2) is 11.3. The van der Waals surface area contributed by atoms with Crippen LogP contribution >= 0.6 is 0 Å². The number of carbonyl (C=O) groups excluding carboxylic acids is 2. The summed E-state index contributed by atoms with van der Waals surface area (Å²) in [5, 5.41) is 18.2. The minimum absolute atomic E-state index is 0.128. The predicted octanol–water partition coefficient (Wildman–Crippen LogP) is 3.54. The zero-order valence-electron chi connectivity index (χ0n) is 21.3. The van der Waals surface area contributed by atoms with Gasteiger partial charge in [-0.2, -0.15) is 0 Å². The number of nitrogens with two attached hydrogens (primary N) is 1. The molecule has 0 aromatic carbocycles. The van der Waals surface area contributed by atoms with E-state index in [2.05, 4.69) is 36.7 Å². The largest absolute Gasteiger partial charge is 0.480 e. The molecule has 8 heteroatoms. The number of nitrogens with one attached hydrogen (secondary N) is 3. The second-order valence-electron chi connectivity index (χ2n) is 11.8. The number of hydrogen-bond donors (Lipinski definition) is 5. The molecule has 34 heavy (non-hydrogen) atoms. The summed E-state index contributed by atoms with van der Waals surface area (Å²) in [6, 6.07) is -2.10. The van der Waals surface area contributed by atoms with E-state index in [1.165, 1.54) is 12.8 Å². The third kappa shape index (κ3) is 6.04. The van der Waals surface area contributed by atoms with E-state index in [0.29, 0.717) is 44.1 Å². The molecule has 3 unspecified atom stereocenters. The fourth-order valence-corrected chi connectivity index (χ4v) is 6.83. The number of unbranched alkanes of at least 4 members (excludes halogenated alkanes) is 1. The molecule has 3 amide bonds. The minimum atomic E-state index is -1.07. The summed E-state index contributed by atoms with van der Waals surface area (Å²) in [4.78, 5) is 37.8. The van der Waals surface area contributed by atoms with E-state index in [1.807, 2.05) is 0 Å². The summed E-state index contributed by atoms with van der Waals surface area (Å²) < 4.78 is 0. The quantitative estimate of drug-likeness (QED) is 0.290. The SMILES string of the molecule is CC12CCC(C(NC(=O)[C@@H](CC3CCCCC3)NC(=O)N[C@@H](CCCCN)C(=O)O)C1)C2(C)C. The van der Waals surface area contributed by atoms with Gasteiger partial charge in [0.1, 0.15) is 12.1 Å². The van der Waals surface area contributed by atoms with Crippen molar-refractivity contribution in [1.82, 2.24) is 16.0 Å². The van der Waals surface area contributed by atoms with Crippen LogP contribution < -0.4 is 21.7 Å². The number of carboxylic acids is 1. The Balaban J connectivity index is 1.64. The van der Waals surface area contributed by atoms with E-state index >= 15 is 0 Å². The second-order valence-corrected chi connectivity index (χ2v) is 11.8. The molecular formula is C26H46N4O4. The first-order valence-corrected chi connectivity index (χ1v) is 13.4. The molecule has 0 aromatic rings. The number of urea groups is 1. The Morgan fingerprint density at radius 3 is 2.24 bits per heavy atom. The van der Waals surface area contributed by atoms with Crippen LogP contribution in [-0.2, 0) is 9.59 Å². The van der Waals surface area contributed by atoms with Gasteiger partial charge in [0.05, 0.1) is 0 Å². The molecule has 0 aromatic heterocycles. The van der Waals surface area contributed by atoms with Gasteiger partial charge in [0.15, 0.2) is 0 Å². The van der Waals surface area contributed by atoms with Crippen molar-refractivity contribution >= 4 is 17.9 Å². The first-order valence-electron chi connectivity index (χ1n) is 13.4. The highest BCUT2D eigenvalue weighted by atomic mass is 16.4. The molecule has 194 valence electrons. The van der Waals surface area contributed by atoms with Gasteiger partial charge in [-0.05, 0) is 74.2 Å². The summed E-state index contributed by atoms with van der Waals surface area (Å²) in [5.74, 6) is -0.353. The molecule has 3 fully saturated rings. The van der Waals surface area contributed by atoms with Gasteiger partial charge in [-0.3, -0.25) is 4.79 Å². The van der Waals surface area contributed by atoms with Crippen LogP contribution in [0.15, 0.2) is 0 Å². The fourth-order valence-electron chi connectivity index (χ4n) is 6.83. The Morgan fingerprint density at radius 2 is 1.68 bits per heavy atom. The Morgan fingerprint density at radius 1 is 1.00 bits per heavy atom. The number of rotatable bonds is 11. The van der Waals surface area contributed by atoms with Crippen LogP contribution in [0.2, 0.25) is 0 Å². The zero-order valence-corrected chi connectivity index (χ0v) is 21.3. The highest BCUT2D eigenvalue weighted by molar-refractivity contribution is 5.89. The van der Waals surface area contributed by atoms with Crippen LogP contribution in [0.1, 0.15) is 97.8 Å². The maximum Gasteiger partial charge on any atom is 0.326 e. The average molecular weight is 479 g/mol. The predicted molar refractivity (Wildman–Crippen MR) is 132 cm³/mol. The van der Waals surface area contributed by atoms with E-state index in [-0.39, 0.29) is 22.8 Å². The van der Waals surface area contributed by atoms with Crippen molar-refractivity contribution in [1.29, 1.82) is 0 Å². The van der Waals surface area contributed by atoms with Gasteiger partial charge in [-0.1, -0.05) is 52.9 Å². The molecule has 8 nitrogen and oxygen atoms in total. The smallest absolute Gasteiger partial charge is 0.326 e. The van der Waals surface area contributed by atoms with Crippen molar-refractivity contribution in [3.63, 3.8) is 0 Å². The van der Waals surface area contributed by atoms with Crippen LogP contribution in [0.3, 0.4) is 0 Å². The van der Waals surface area contributed by atoms with Gasteiger partial charge in [0.2, 0.25) is 5.91 Å². The maximum absolute atomic E-state index is 13.4. The van der Waals surface area contributed by atoms with Gasteiger partial charge in [0.25, 0.3) is 0 Å². The summed E-state index contributed by atoms with van der Waals surface area (Å²) in [7, 11) is 0. The van der Waals surface area contributed by atoms with Crippen LogP contribution in [0.25, 0.3) is 0 Å². The topological polar surface area (TPSA) is 134 Å². The Bertz CT molecular complexity index is 734. The lowest BCUT2D eigenvalue weighted by Crippen LogP contribution is -2.55. The molecule has 6 N–H and O–H groups in total. The van der Waals surface area contributed by atoms with Gasteiger partial charge in [-0.15, -0.1) is 0 Å². The number of fused-ring (bicyclic) bond motifs is 2. The van der Waals surface area contributed by atoms with Gasteiger partial charge in [0, 0.05) is 6.04 Å². The molecular weight excluding hydrogens is 432 g/mol. The van der Waals surface area contributed by atoms with Crippen LogP contribution in [-0.4, -0.2) is 47.7 Å². The third-order valence-corrected chi connectivity index (χ3v) is 9.44. The molecule has 3 aliphatic carbocycles. The maximum atomic E-state index is 13.4. The molecule has 3 aliphatic rings. The molecule has 3 rings (SSSR count). The number of hydrogen-bond acceptors (Lipinski definition) is 4. The number of aliphatic carboxylic acids is 1. The Labute approximate surface area is 204 Å². The zero-order chi connectivity index (χ0) is 24.9. The van der Waals surface area contributed by atoms with E-state index in [0.717, 1.165) is 38.5 Å². The van der Waals surface area contributed by atoms with Crippen LogP contribution in [0.5, 0.6) is 0 Å². The highest BCUT2D eigenvalue weighted by Gasteiger charge is 2.60. The number of carboxylic acid groups (broad SMARTS) is 1. The van der Waals surface area contributed by atoms with Crippen LogP contribution in [0.4, 0.5) is 4.79 Å². The first-order chi connectivity index (χ1) is 16.1. The monoisotopic (exact) mass is 478 g/mol. The van der Waals surface area contributed by atoms with Crippen molar-refractivity contribution in [3.8, 4) is 0 Å². The lowest BCUT2D eigenvalue weighted by Gasteiger charge is -2.33. The van der Waals surface area contributed by atoms with Crippen molar-refractivity contribution in [2.45, 2.75) is 116 Å². The van der Waals surface area contributed by atoms with Gasteiger partial charge >= 0.3 is 12.0 Å². The fraction of sp³-hybridized carbons (Fsp3) is 0.885. The molecule has 0 spiro atoms. The molecule has 0 heterocycles. The highest BCUT2D eigenvalue weighted by Crippen LogP contribution is 2.65. The van der Waals surface area contributed by atoms with Crippen molar-refractivity contribution < 1.29 is 19.5 Å². The molecule has 0 radical (unpaired) electrons. The van der Waals surface area contributed by atoms with E-state index in [4.69, 9.17) is 5.73 Å². The summed E-state index contributed by atoms with van der Waals surface area (Å²) in [5.41, 5.74) is 5.92. The van der Waals surface area contributed by atoms with Crippen molar-refractivity contribution in [3.05, 3.63) is 0 Å². The van der Waals surface area contributed by atoms with Crippen molar-refractivity contribution in [2.75, 3.05) is 6.54 Å². The summed E-state index contributed by atoms with van der Waals surface area (Å²) in [6.07, 6.45) is 11.2. The Kier molecular flexibility index (Phi) is 8.87. The summed E-state index contributed by atoms with van der Waals surface area (Å²) >= 11 is 0. The van der Waals surface area contributed by atoms with E-state index in [9.17, 15) is 19.5 Å². The molecule has 0 aliphatic heterocycles. The average Bonchev–Trinajstić information content (AvgIpc) is 3.11. The molecule has 5 atom stereocenters. The van der Waals surface area contributed by atoms with Crippen molar-refractivity contribution in [2.24, 2.45) is 28.4 Å². The Hall–Kier alpha value is -1.83. The molecule has 2 bridgehead atoms. The third-order valence-electron chi connectivity index (χ3n) is 9.44. The molecule has 3 saturated carbocycles. The number of carbonyl (C=O) groups is 3. The first kappa shape index (κ1) is 26.8. The normalized spacial score (nSPS) is 29.9. The lowest BCUT2D eigenvalue weighted by molar-refractivity contribution is -0.139.